The molecule has 110 valence electrons. The van der Waals surface area contributed by atoms with Crippen molar-refractivity contribution in [2.75, 3.05) is 24.6 Å². The number of halogens is 2. The van der Waals surface area contributed by atoms with Crippen LogP contribution in [0.5, 0.6) is 5.75 Å². The van der Waals surface area contributed by atoms with Gasteiger partial charge in [0.25, 0.3) is 0 Å². The van der Waals surface area contributed by atoms with Gasteiger partial charge in [-0.15, -0.1) is 0 Å². The van der Waals surface area contributed by atoms with Gasteiger partial charge in [0, 0.05) is 18.4 Å². The second-order valence-electron chi connectivity index (χ2n) is 4.64. The number of benzene rings is 1. The minimum atomic E-state index is 0.167. The third-order valence-corrected chi connectivity index (χ3v) is 4.58. The van der Waals surface area contributed by atoms with E-state index in [1.165, 1.54) is 0 Å². The predicted molar refractivity (Wildman–Crippen MR) is 85.7 cm³/mol. The number of carbonyl (C=O) groups is 1. The van der Waals surface area contributed by atoms with Crippen molar-refractivity contribution in [3.63, 3.8) is 0 Å². The molecule has 0 atom stereocenters. The number of hydrogen-bond acceptors (Lipinski definition) is 4. The molecule has 21 heavy (non-hydrogen) atoms. The van der Waals surface area contributed by atoms with E-state index < -0.39 is 0 Å². The lowest BCUT2D eigenvalue weighted by Gasteiger charge is -2.34. The van der Waals surface area contributed by atoms with Gasteiger partial charge < -0.3 is 19.6 Å². The highest BCUT2D eigenvalue weighted by atomic mass is 79.9. The maximum absolute atomic E-state index is 11.0. The van der Waals surface area contributed by atoms with Gasteiger partial charge in [-0.1, -0.05) is 0 Å². The van der Waals surface area contributed by atoms with Crippen molar-refractivity contribution >= 4 is 44.0 Å². The van der Waals surface area contributed by atoms with Crippen LogP contribution in [0, 0.1) is 0 Å². The molecule has 5 nitrogen and oxygen atoms in total. The Morgan fingerprint density at radius 1 is 1.29 bits per heavy atom. The van der Waals surface area contributed by atoms with Crippen molar-refractivity contribution in [1.29, 1.82) is 0 Å². The third-order valence-electron chi connectivity index (χ3n) is 3.37. The van der Waals surface area contributed by atoms with Crippen LogP contribution in [-0.2, 0) is 9.53 Å². The molecule has 0 aromatic heterocycles. The van der Waals surface area contributed by atoms with E-state index in [-0.39, 0.29) is 5.75 Å². The number of ether oxygens (including phenoxy) is 1. The topological polar surface area (TPSA) is 53.0 Å². The van der Waals surface area contributed by atoms with E-state index in [1.54, 1.807) is 4.90 Å². The number of phenols is 1. The Labute approximate surface area is 138 Å². The number of carbonyl (C=O) groups excluding carboxylic acids is 1. The number of phenolic OH excluding ortho intramolecular Hbond substituents is 1. The summed E-state index contributed by atoms with van der Waals surface area (Å²) < 4.78 is 6.85. The Morgan fingerprint density at radius 2 is 2.00 bits per heavy atom. The number of fused-ring (bicyclic) bond motifs is 1. The van der Waals surface area contributed by atoms with Crippen molar-refractivity contribution in [1.82, 2.24) is 4.90 Å². The summed E-state index contributed by atoms with van der Waals surface area (Å²) in [6.07, 6.45) is 4.65. The van der Waals surface area contributed by atoms with Gasteiger partial charge in [0.05, 0.1) is 21.2 Å². The van der Waals surface area contributed by atoms with Crippen LogP contribution in [0.2, 0.25) is 0 Å². The molecule has 1 N–H and O–H groups in total. The van der Waals surface area contributed by atoms with Gasteiger partial charge in [-0.3, -0.25) is 4.79 Å². The summed E-state index contributed by atoms with van der Waals surface area (Å²) in [6, 6.07) is 3.66. The fraction of sp³-hybridized carbons (Fsp3) is 0.214. The number of aromatic hydroxyl groups is 1. The largest absolute Gasteiger partial charge is 0.506 e. The van der Waals surface area contributed by atoms with Gasteiger partial charge in [-0.25, -0.2) is 0 Å². The standard InChI is InChI=1S/C14H12Br2N2O3/c15-10-5-9(6-11(16)14(10)20)17-2-1-12-13(7-17)21-4-3-18(12)8-19/h1,5-8,20H,2-4H2. The summed E-state index contributed by atoms with van der Waals surface area (Å²) in [6.45, 7) is 1.68. The Kier molecular flexibility index (Phi) is 3.95. The van der Waals surface area contributed by atoms with Crippen LogP contribution in [0.4, 0.5) is 5.69 Å². The van der Waals surface area contributed by atoms with Gasteiger partial charge in [0.1, 0.15) is 12.4 Å². The molecule has 2 aliphatic rings. The molecule has 2 heterocycles. The highest BCUT2D eigenvalue weighted by Gasteiger charge is 2.25. The van der Waals surface area contributed by atoms with E-state index in [2.05, 4.69) is 31.9 Å². The zero-order valence-electron chi connectivity index (χ0n) is 10.9. The normalized spacial score (nSPS) is 17.6. The molecular weight excluding hydrogens is 404 g/mol. The van der Waals surface area contributed by atoms with Gasteiger partial charge in [0.2, 0.25) is 6.41 Å². The van der Waals surface area contributed by atoms with E-state index in [0.717, 1.165) is 17.8 Å². The van der Waals surface area contributed by atoms with Crippen LogP contribution in [0.3, 0.4) is 0 Å². The quantitative estimate of drug-likeness (QED) is 0.754. The summed E-state index contributed by atoms with van der Waals surface area (Å²) >= 11 is 6.65. The first-order valence-corrected chi connectivity index (χ1v) is 7.90. The van der Waals surface area contributed by atoms with Crippen molar-refractivity contribution in [2.24, 2.45) is 0 Å². The summed E-state index contributed by atoms with van der Waals surface area (Å²) in [5, 5.41) is 9.77. The first-order valence-electron chi connectivity index (χ1n) is 6.32. The van der Waals surface area contributed by atoms with Crippen LogP contribution in [-0.4, -0.2) is 36.1 Å². The number of anilines is 1. The number of nitrogens with zero attached hydrogens (tertiary/aromatic N) is 2. The van der Waals surface area contributed by atoms with Crippen LogP contribution in [0.1, 0.15) is 0 Å². The van der Waals surface area contributed by atoms with Gasteiger partial charge >= 0.3 is 0 Å². The Hall–Kier alpha value is -1.47. The lowest BCUT2D eigenvalue weighted by Crippen LogP contribution is -2.36. The van der Waals surface area contributed by atoms with Crippen molar-refractivity contribution in [3.8, 4) is 5.75 Å². The average molecular weight is 416 g/mol. The lowest BCUT2D eigenvalue weighted by atomic mass is 10.2. The van der Waals surface area contributed by atoms with Crippen LogP contribution in [0.25, 0.3) is 0 Å². The summed E-state index contributed by atoms with van der Waals surface area (Å²) in [5.74, 6) is 0.848. The molecule has 0 bridgehead atoms. The first-order chi connectivity index (χ1) is 10.1. The minimum Gasteiger partial charge on any atom is -0.506 e. The highest BCUT2D eigenvalue weighted by molar-refractivity contribution is 9.11. The summed E-state index contributed by atoms with van der Waals surface area (Å²) in [5.41, 5.74) is 1.71. The van der Waals surface area contributed by atoms with Crippen molar-refractivity contribution < 1.29 is 14.6 Å². The zero-order chi connectivity index (χ0) is 15.0. The van der Waals surface area contributed by atoms with Gasteiger partial charge in [-0.2, -0.15) is 0 Å². The second kappa shape index (κ2) is 5.73. The summed E-state index contributed by atoms with van der Waals surface area (Å²) in [7, 11) is 0. The third kappa shape index (κ3) is 2.67. The number of rotatable bonds is 2. The summed E-state index contributed by atoms with van der Waals surface area (Å²) in [4.78, 5) is 14.7. The molecule has 1 fully saturated rings. The second-order valence-corrected chi connectivity index (χ2v) is 6.35. The first kappa shape index (κ1) is 14.5. The molecule has 0 aliphatic carbocycles. The molecule has 1 aromatic rings. The average Bonchev–Trinajstić information content (AvgIpc) is 2.50. The van der Waals surface area contributed by atoms with Crippen LogP contribution < -0.4 is 4.90 Å². The maximum atomic E-state index is 11.0. The molecule has 1 saturated heterocycles. The van der Waals surface area contributed by atoms with E-state index >= 15 is 0 Å². The molecule has 1 amide bonds. The molecule has 0 spiro atoms. The van der Waals surface area contributed by atoms with Gasteiger partial charge in [0.15, 0.2) is 5.76 Å². The molecule has 0 saturated carbocycles. The van der Waals surface area contributed by atoms with E-state index in [1.807, 2.05) is 29.3 Å². The van der Waals surface area contributed by atoms with Crippen LogP contribution >= 0.6 is 31.9 Å². The van der Waals surface area contributed by atoms with Crippen molar-refractivity contribution in [3.05, 3.63) is 44.8 Å². The molecule has 7 heteroatoms. The van der Waals surface area contributed by atoms with E-state index in [9.17, 15) is 9.90 Å². The van der Waals surface area contributed by atoms with E-state index in [0.29, 0.717) is 34.4 Å². The predicted octanol–water partition coefficient (Wildman–Crippen LogP) is 2.95. The number of amides is 1. The molecule has 1 aromatic carbocycles. The molecule has 0 radical (unpaired) electrons. The fourth-order valence-electron chi connectivity index (χ4n) is 2.30. The Bertz CT molecular complexity index is 635. The Morgan fingerprint density at radius 3 is 2.67 bits per heavy atom. The maximum Gasteiger partial charge on any atom is 0.214 e. The lowest BCUT2D eigenvalue weighted by molar-refractivity contribution is -0.118. The molecule has 2 aliphatic heterocycles. The highest BCUT2D eigenvalue weighted by Crippen LogP contribution is 2.37. The monoisotopic (exact) mass is 414 g/mol. The Balaban J connectivity index is 1.92. The van der Waals surface area contributed by atoms with E-state index in [4.69, 9.17) is 4.74 Å². The molecular formula is C14H12Br2N2O3. The minimum absolute atomic E-state index is 0.167. The number of hydrogen-bond donors (Lipinski definition) is 1. The fourth-order valence-corrected chi connectivity index (χ4v) is 3.46. The van der Waals surface area contributed by atoms with Crippen molar-refractivity contribution in [2.45, 2.75) is 0 Å². The van der Waals surface area contributed by atoms with Gasteiger partial charge in [-0.05, 0) is 50.1 Å². The number of morpholine rings is 1. The smallest absolute Gasteiger partial charge is 0.214 e. The zero-order valence-corrected chi connectivity index (χ0v) is 14.1. The van der Waals surface area contributed by atoms with Crippen LogP contribution in [0.15, 0.2) is 44.8 Å². The molecule has 0 unspecified atom stereocenters. The SMILES string of the molecule is O=CN1CCOC2=CN(c3cc(Br)c(O)c(Br)c3)CC=C21. The molecule has 3 rings (SSSR count).